The van der Waals surface area contributed by atoms with Gasteiger partial charge >= 0.3 is 6.09 Å². The van der Waals surface area contributed by atoms with Crippen LogP contribution in [-0.2, 0) is 4.74 Å². The van der Waals surface area contributed by atoms with Gasteiger partial charge < -0.3 is 20.3 Å². The Labute approximate surface area is 181 Å². The highest BCUT2D eigenvalue weighted by atomic mass is 79.9. The molecule has 3 aromatic rings. The van der Waals surface area contributed by atoms with Crippen LogP contribution in [0.15, 0.2) is 65.4 Å². The number of ether oxygens (including phenoxy) is 1. The van der Waals surface area contributed by atoms with Gasteiger partial charge in [0.25, 0.3) is 0 Å². The second kappa shape index (κ2) is 8.91. The lowest BCUT2D eigenvalue weighted by molar-refractivity contribution is 0.0133. The van der Waals surface area contributed by atoms with Crippen LogP contribution in [0.4, 0.5) is 4.79 Å². The van der Waals surface area contributed by atoms with Crippen LogP contribution in [0.1, 0.15) is 29.0 Å². The number of carbonyl (C=O) groups excluding carboxylic acids is 1. The van der Waals surface area contributed by atoms with Crippen molar-refractivity contribution in [3.63, 3.8) is 0 Å². The Morgan fingerprint density at radius 3 is 2.20 bits per heavy atom. The molecular weight excluding hydrogens is 450 g/mol. The molecule has 4 rings (SSSR count). The van der Waals surface area contributed by atoms with Gasteiger partial charge in [-0.3, -0.25) is 0 Å². The number of rotatable bonds is 6. The fourth-order valence-electron chi connectivity index (χ4n) is 3.60. The molecule has 0 saturated carbocycles. The monoisotopic (exact) mass is 469 g/mol. The summed E-state index contributed by atoms with van der Waals surface area (Å²) in [6, 6.07) is 16.1. The molecule has 1 aliphatic carbocycles. The highest BCUT2D eigenvalue weighted by Crippen LogP contribution is 2.44. The molecule has 8 heteroatoms. The number of alkyl carbamates (subject to hydrolysis) is 1. The Balaban J connectivity index is 1.33. The van der Waals surface area contributed by atoms with Gasteiger partial charge in [0.15, 0.2) is 5.82 Å². The molecule has 1 aliphatic rings. The van der Waals surface area contributed by atoms with Crippen LogP contribution in [0, 0.1) is 0 Å². The second-order valence-electron chi connectivity index (χ2n) is 6.98. The zero-order chi connectivity index (χ0) is 21.1. The molecule has 1 heterocycles. The maximum absolute atomic E-state index is 12.2. The van der Waals surface area contributed by atoms with Gasteiger partial charge in [-0.1, -0.05) is 48.5 Å². The SMILES string of the molecule is O=C(NCC(O)C(O)c1ncc(Br)cn1)OCC1c2ccccc2-c2ccccc21. The molecule has 30 heavy (non-hydrogen) atoms. The highest BCUT2D eigenvalue weighted by Gasteiger charge is 2.29. The fourth-order valence-corrected chi connectivity index (χ4v) is 3.80. The Bertz CT molecular complexity index is 999. The van der Waals surface area contributed by atoms with Gasteiger partial charge in [0.2, 0.25) is 0 Å². The Hall–Kier alpha value is -2.81. The van der Waals surface area contributed by atoms with Crippen LogP contribution in [0.3, 0.4) is 0 Å². The molecule has 1 amide bonds. The Morgan fingerprint density at radius 2 is 1.60 bits per heavy atom. The minimum Gasteiger partial charge on any atom is -0.449 e. The van der Waals surface area contributed by atoms with Gasteiger partial charge in [0.05, 0.1) is 4.47 Å². The van der Waals surface area contributed by atoms with E-state index >= 15 is 0 Å². The number of hydrogen-bond acceptors (Lipinski definition) is 6. The highest BCUT2D eigenvalue weighted by molar-refractivity contribution is 9.10. The molecule has 0 bridgehead atoms. The first-order valence-electron chi connectivity index (χ1n) is 9.47. The van der Waals surface area contributed by atoms with Crippen LogP contribution in [0.5, 0.6) is 0 Å². The molecule has 3 N–H and O–H groups in total. The summed E-state index contributed by atoms with van der Waals surface area (Å²) < 4.78 is 6.07. The van der Waals surface area contributed by atoms with Crippen molar-refractivity contribution in [3.8, 4) is 11.1 Å². The number of aliphatic hydroxyl groups excluding tert-OH is 2. The first kappa shape index (κ1) is 20.5. The summed E-state index contributed by atoms with van der Waals surface area (Å²) in [4.78, 5) is 20.1. The van der Waals surface area contributed by atoms with Gasteiger partial charge in [-0.05, 0) is 38.2 Å². The van der Waals surface area contributed by atoms with Crippen LogP contribution in [0.2, 0.25) is 0 Å². The van der Waals surface area contributed by atoms with E-state index in [1.807, 2.05) is 36.4 Å². The number of carbonyl (C=O) groups is 1. The topological polar surface area (TPSA) is 105 Å². The van der Waals surface area contributed by atoms with E-state index in [1.165, 1.54) is 12.4 Å². The molecule has 0 aliphatic heterocycles. The summed E-state index contributed by atoms with van der Waals surface area (Å²) in [5.74, 6) is 0.0230. The molecule has 0 fully saturated rings. The zero-order valence-corrected chi connectivity index (χ0v) is 17.5. The third kappa shape index (κ3) is 4.21. The van der Waals surface area contributed by atoms with Gasteiger partial charge in [0.1, 0.15) is 18.8 Å². The van der Waals surface area contributed by atoms with Crippen LogP contribution < -0.4 is 5.32 Å². The lowest BCUT2D eigenvalue weighted by atomic mass is 9.98. The van der Waals surface area contributed by atoms with Gasteiger partial charge in [-0.25, -0.2) is 14.8 Å². The summed E-state index contributed by atoms with van der Waals surface area (Å²) in [7, 11) is 0. The number of halogens is 1. The molecular formula is C22H20BrN3O4. The molecule has 0 saturated heterocycles. The van der Waals surface area contributed by atoms with Crippen molar-refractivity contribution in [2.45, 2.75) is 18.1 Å². The summed E-state index contributed by atoms with van der Waals surface area (Å²) in [5.41, 5.74) is 4.54. The lowest BCUT2D eigenvalue weighted by Crippen LogP contribution is -2.36. The minimum atomic E-state index is -1.33. The molecule has 1 aromatic heterocycles. The summed E-state index contributed by atoms with van der Waals surface area (Å²) in [6.07, 6.45) is -0.326. The molecule has 0 spiro atoms. The number of nitrogens with one attached hydrogen (secondary N) is 1. The zero-order valence-electron chi connectivity index (χ0n) is 15.9. The van der Waals surface area contributed by atoms with Crippen molar-refractivity contribution in [1.29, 1.82) is 0 Å². The average molecular weight is 470 g/mol. The molecule has 154 valence electrons. The maximum Gasteiger partial charge on any atom is 0.407 e. The summed E-state index contributed by atoms with van der Waals surface area (Å²) in [5, 5.41) is 22.7. The van der Waals surface area contributed by atoms with Crippen molar-refractivity contribution in [3.05, 3.63) is 82.3 Å². The fraction of sp³-hybridized carbons (Fsp3) is 0.227. The van der Waals surface area contributed by atoms with Crippen LogP contribution >= 0.6 is 15.9 Å². The van der Waals surface area contributed by atoms with Crippen LogP contribution in [0.25, 0.3) is 11.1 Å². The van der Waals surface area contributed by atoms with E-state index < -0.39 is 18.3 Å². The lowest BCUT2D eigenvalue weighted by Gasteiger charge is -2.18. The predicted molar refractivity (Wildman–Crippen MR) is 114 cm³/mol. The van der Waals surface area contributed by atoms with E-state index in [2.05, 4.69) is 43.3 Å². The van der Waals surface area contributed by atoms with Crippen LogP contribution in [-0.4, -0.2) is 45.5 Å². The van der Waals surface area contributed by atoms with E-state index in [0.29, 0.717) is 4.47 Å². The standard InChI is InChI=1S/C22H20BrN3O4/c23-13-9-24-21(25-10-13)20(28)19(27)11-26-22(29)30-12-18-16-7-3-1-5-14(16)15-6-2-4-8-17(15)18/h1-10,18-20,27-28H,11-12H2,(H,26,29). The number of nitrogens with zero attached hydrogens (tertiary/aromatic N) is 2. The first-order valence-corrected chi connectivity index (χ1v) is 10.3. The number of benzene rings is 2. The molecule has 2 aromatic carbocycles. The van der Waals surface area contributed by atoms with E-state index in [0.717, 1.165) is 22.3 Å². The number of hydrogen-bond donors (Lipinski definition) is 3. The normalized spacial score (nSPS) is 14.5. The minimum absolute atomic E-state index is 0.0465. The van der Waals surface area contributed by atoms with Gasteiger partial charge in [0, 0.05) is 24.9 Å². The van der Waals surface area contributed by atoms with E-state index in [9.17, 15) is 15.0 Å². The van der Waals surface area contributed by atoms with Crippen molar-refractivity contribution >= 4 is 22.0 Å². The predicted octanol–water partition coefficient (Wildman–Crippen LogP) is 3.17. The summed E-state index contributed by atoms with van der Waals surface area (Å²) in [6.45, 7) is -0.0222. The van der Waals surface area contributed by atoms with Gasteiger partial charge in [-0.15, -0.1) is 0 Å². The average Bonchev–Trinajstić information content (AvgIpc) is 3.10. The first-order chi connectivity index (χ1) is 14.5. The molecule has 2 atom stereocenters. The molecule has 2 unspecified atom stereocenters. The number of aromatic nitrogens is 2. The van der Waals surface area contributed by atoms with Gasteiger partial charge in [-0.2, -0.15) is 0 Å². The molecule has 0 radical (unpaired) electrons. The van der Waals surface area contributed by atoms with Crippen molar-refractivity contribution < 1.29 is 19.7 Å². The van der Waals surface area contributed by atoms with E-state index in [-0.39, 0.29) is 24.9 Å². The number of fused-ring (bicyclic) bond motifs is 3. The smallest absolute Gasteiger partial charge is 0.407 e. The number of amides is 1. The van der Waals surface area contributed by atoms with Crippen molar-refractivity contribution in [2.24, 2.45) is 0 Å². The third-order valence-corrected chi connectivity index (χ3v) is 5.48. The maximum atomic E-state index is 12.2. The number of aliphatic hydroxyl groups is 2. The largest absolute Gasteiger partial charge is 0.449 e. The van der Waals surface area contributed by atoms with Crippen molar-refractivity contribution in [1.82, 2.24) is 15.3 Å². The Kier molecular flexibility index (Phi) is 6.08. The summed E-state index contributed by atoms with van der Waals surface area (Å²) >= 11 is 3.20. The molecule has 7 nitrogen and oxygen atoms in total. The van der Waals surface area contributed by atoms with Crippen molar-refractivity contribution in [2.75, 3.05) is 13.2 Å². The quantitative estimate of drug-likeness (QED) is 0.512. The van der Waals surface area contributed by atoms with E-state index in [4.69, 9.17) is 4.74 Å². The Morgan fingerprint density at radius 1 is 1.03 bits per heavy atom. The third-order valence-electron chi connectivity index (χ3n) is 5.07. The van der Waals surface area contributed by atoms with E-state index in [1.54, 1.807) is 0 Å². The second-order valence-corrected chi connectivity index (χ2v) is 7.89.